The van der Waals surface area contributed by atoms with Crippen LogP contribution in [0.2, 0.25) is 0 Å². The summed E-state index contributed by atoms with van der Waals surface area (Å²) in [5, 5.41) is 7.35. The van der Waals surface area contributed by atoms with Gasteiger partial charge in [-0.1, -0.05) is 36.8 Å². The summed E-state index contributed by atoms with van der Waals surface area (Å²) in [7, 11) is 0. The Morgan fingerprint density at radius 3 is 2.70 bits per heavy atom. The molecule has 27 heavy (non-hydrogen) atoms. The molecule has 1 N–H and O–H groups in total. The maximum absolute atomic E-state index is 12.8. The molecule has 0 aliphatic carbocycles. The Hall–Kier alpha value is -2.80. The average molecular weight is 364 g/mol. The molecule has 1 amide bonds. The maximum Gasteiger partial charge on any atom is 0.291 e. The van der Waals surface area contributed by atoms with E-state index in [0.717, 1.165) is 31.6 Å². The second-order valence-corrected chi connectivity index (χ2v) is 6.93. The van der Waals surface area contributed by atoms with E-state index in [1.807, 2.05) is 18.2 Å². The fourth-order valence-corrected chi connectivity index (χ4v) is 3.55. The number of hydrogen-bond acceptors (Lipinski definition) is 5. The number of carbonyl (C=O) groups is 1. The van der Waals surface area contributed by atoms with E-state index >= 15 is 0 Å². The van der Waals surface area contributed by atoms with Crippen molar-refractivity contribution >= 4 is 11.7 Å². The van der Waals surface area contributed by atoms with Crippen molar-refractivity contribution in [1.29, 1.82) is 0 Å². The smallest absolute Gasteiger partial charge is 0.291 e. The highest BCUT2D eigenvalue weighted by atomic mass is 16.2. The summed E-state index contributed by atoms with van der Waals surface area (Å²) in [5.41, 5.74) is 1.10. The minimum absolute atomic E-state index is 0.0693. The normalized spacial score (nSPS) is 16.3. The molecule has 140 valence electrons. The van der Waals surface area contributed by atoms with E-state index in [0.29, 0.717) is 5.78 Å². The van der Waals surface area contributed by atoms with Crippen LogP contribution in [0.1, 0.15) is 47.9 Å². The lowest BCUT2D eigenvalue weighted by atomic mass is 10.0. The van der Waals surface area contributed by atoms with Crippen molar-refractivity contribution < 1.29 is 4.79 Å². The molecule has 7 nitrogen and oxygen atoms in total. The van der Waals surface area contributed by atoms with Gasteiger partial charge in [0.1, 0.15) is 0 Å². The average Bonchev–Trinajstić information content (AvgIpc) is 3.17. The van der Waals surface area contributed by atoms with Gasteiger partial charge < -0.3 is 10.2 Å². The first-order valence-electron chi connectivity index (χ1n) is 9.55. The Labute approximate surface area is 158 Å². The zero-order chi connectivity index (χ0) is 18.5. The monoisotopic (exact) mass is 364 g/mol. The number of amides is 1. The van der Waals surface area contributed by atoms with Crippen LogP contribution >= 0.6 is 0 Å². The van der Waals surface area contributed by atoms with E-state index in [9.17, 15) is 4.79 Å². The summed E-state index contributed by atoms with van der Waals surface area (Å²) in [6.45, 7) is 3.27. The molecule has 3 aromatic rings. The molecule has 3 heterocycles. The van der Waals surface area contributed by atoms with E-state index in [1.165, 1.54) is 23.8 Å². The number of hydrogen-bond donors (Lipinski definition) is 1. The molecule has 0 bridgehead atoms. The van der Waals surface area contributed by atoms with Gasteiger partial charge in [-0.25, -0.2) is 9.50 Å². The zero-order valence-corrected chi connectivity index (χ0v) is 15.3. The standard InChI is InChI=1S/C20H24N6O/c27-19(18-23-20-21-11-7-14-26(20)24-18)22-17(16-8-3-1-4-9-16)10-15-25-12-5-2-6-13-25/h1,3-4,7-9,11,14,17H,2,5-6,10,12-13,15H2,(H,22,27). The molecule has 1 aliphatic rings. The Morgan fingerprint density at radius 2 is 1.93 bits per heavy atom. The van der Waals surface area contributed by atoms with Crippen LogP contribution in [0, 0.1) is 0 Å². The Morgan fingerprint density at radius 1 is 1.11 bits per heavy atom. The van der Waals surface area contributed by atoms with Crippen molar-refractivity contribution in [2.24, 2.45) is 0 Å². The van der Waals surface area contributed by atoms with Gasteiger partial charge in [0.15, 0.2) is 0 Å². The molecule has 1 aliphatic heterocycles. The number of piperidine rings is 1. The molecule has 1 fully saturated rings. The molecule has 7 heteroatoms. The molecule has 0 saturated carbocycles. The molecule has 0 radical (unpaired) electrons. The molecule has 0 spiro atoms. The van der Waals surface area contributed by atoms with E-state index in [2.05, 4.69) is 37.4 Å². The van der Waals surface area contributed by atoms with Gasteiger partial charge in [0.2, 0.25) is 5.82 Å². The quantitative estimate of drug-likeness (QED) is 0.727. The predicted octanol–water partition coefficient (Wildman–Crippen LogP) is 2.47. The van der Waals surface area contributed by atoms with Gasteiger partial charge in [0.05, 0.1) is 6.04 Å². The topological polar surface area (TPSA) is 75.4 Å². The highest BCUT2D eigenvalue weighted by Crippen LogP contribution is 2.19. The first-order chi connectivity index (χ1) is 13.3. The lowest BCUT2D eigenvalue weighted by Gasteiger charge is -2.28. The third kappa shape index (κ3) is 4.31. The van der Waals surface area contributed by atoms with Crippen LogP contribution in [0.25, 0.3) is 5.78 Å². The van der Waals surface area contributed by atoms with Crippen LogP contribution in [0.15, 0.2) is 48.8 Å². The first-order valence-corrected chi connectivity index (χ1v) is 9.55. The second-order valence-electron chi connectivity index (χ2n) is 6.93. The zero-order valence-electron chi connectivity index (χ0n) is 15.3. The molecule has 4 rings (SSSR count). The van der Waals surface area contributed by atoms with Crippen LogP contribution in [0.5, 0.6) is 0 Å². The molecule has 1 saturated heterocycles. The predicted molar refractivity (Wildman–Crippen MR) is 102 cm³/mol. The van der Waals surface area contributed by atoms with E-state index in [-0.39, 0.29) is 17.8 Å². The second kappa shape index (κ2) is 8.26. The summed E-state index contributed by atoms with van der Waals surface area (Å²) < 4.78 is 1.51. The molecular weight excluding hydrogens is 340 g/mol. The van der Waals surface area contributed by atoms with Gasteiger partial charge in [-0.3, -0.25) is 4.79 Å². The minimum atomic E-state index is -0.270. The van der Waals surface area contributed by atoms with Crippen molar-refractivity contribution in [3.05, 3.63) is 60.2 Å². The lowest BCUT2D eigenvalue weighted by molar-refractivity contribution is 0.0920. The van der Waals surface area contributed by atoms with Crippen LogP contribution in [-0.2, 0) is 0 Å². The molecule has 2 aromatic heterocycles. The van der Waals surface area contributed by atoms with Crippen molar-refractivity contribution in [2.75, 3.05) is 19.6 Å². The number of nitrogens with zero attached hydrogens (tertiary/aromatic N) is 5. The summed E-state index contributed by atoms with van der Waals surface area (Å²) in [6.07, 6.45) is 8.08. The van der Waals surface area contributed by atoms with Gasteiger partial charge in [0, 0.05) is 18.9 Å². The Balaban J connectivity index is 1.48. The first kappa shape index (κ1) is 17.6. The highest BCUT2D eigenvalue weighted by Gasteiger charge is 2.21. The molecule has 1 unspecified atom stereocenters. The SMILES string of the molecule is O=C(NC(CCN1CCCCC1)c1ccccc1)c1nc2ncccn2n1. The van der Waals surface area contributed by atoms with Gasteiger partial charge in [-0.05, 0) is 44.0 Å². The molecule has 1 atom stereocenters. The molecule has 1 aromatic carbocycles. The van der Waals surface area contributed by atoms with Gasteiger partial charge in [0.25, 0.3) is 11.7 Å². The fourth-order valence-electron chi connectivity index (χ4n) is 3.55. The number of carbonyl (C=O) groups excluding carboxylic acids is 1. The molecular formula is C20H24N6O. The number of likely N-dealkylation sites (tertiary alicyclic amines) is 1. The lowest BCUT2D eigenvalue weighted by Crippen LogP contribution is -2.35. The van der Waals surface area contributed by atoms with E-state index in [1.54, 1.807) is 18.5 Å². The van der Waals surface area contributed by atoms with E-state index < -0.39 is 0 Å². The fraction of sp³-hybridized carbons (Fsp3) is 0.400. The van der Waals surface area contributed by atoms with Crippen LogP contribution in [0.4, 0.5) is 0 Å². The summed E-state index contributed by atoms with van der Waals surface area (Å²) in [5.74, 6) is 0.299. The maximum atomic E-state index is 12.8. The third-order valence-electron chi connectivity index (χ3n) is 5.01. The van der Waals surface area contributed by atoms with Crippen molar-refractivity contribution in [3.8, 4) is 0 Å². The summed E-state index contributed by atoms with van der Waals surface area (Å²) >= 11 is 0. The largest absolute Gasteiger partial charge is 0.342 e. The number of rotatable bonds is 6. The highest BCUT2D eigenvalue weighted by molar-refractivity contribution is 5.91. The van der Waals surface area contributed by atoms with Crippen molar-refractivity contribution in [3.63, 3.8) is 0 Å². The van der Waals surface area contributed by atoms with Gasteiger partial charge in [-0.15, -0.1) is 5.10 Å². The van der Waals surface area contributed by atoms with Gasteiger partial charge in [-0.2, -0.15) is 4.98 Å². The van der Waals surface area contributed by atoms with Crippen molar-refractivity contribution in [2.45, 2.75) is 31.7 Å². The number of nitrogens with one attached hydrogen (secondary N) is 1. The van der Waals surface area contributed by atoms with Crippen LogP contribution in [0.3, 0.4) is 0 Å². The van der Waals surface area contributed by atoms with E-state index in [4.69, 9.17) is 0 Å². The summed E-state index contributed by atoms with van der Waals surface area (Å²) in [4.78, 5) is 23.6. The number of fused-ring (bicyclic) bond motifs is 1. The number of aromatic nitrogens is 4. The van der Waals surface area contributed by atoms with Crippen LogP contribution in [-0.4, -0.2) is 50.0 Å². The Kier molecular flexibility index (Phi) is 5.39. The van der Waals surface area contributed by atoms with Gasteiger partial charge >= 0.3 is 0 Å². The van der Waals surface area contributed by atoms with Crippen molar-refractivity contribution in [1.82, 2.24) is 29.8 Å². The Bertz CT molecular complexity index is 855. The third-order valence-corrected chi connectivity index (χ3v) is 5.01. The number of benzene rings is 1. The van der Waals surface area contributed by atoms with Crippen LogP contribution < -0.4 is 5.32 Å². The summed E-state index contributed by atoms with van der Waals surface area (Å²) in [6, 6.07) is 11.8. The minimum Gasteiger partial charge on any atom is -0.342 e.